The first kappa shape index (κ1) is 24.1. The van der Waals surface area contributed by atoms with Gasteiger partial charge in [-0.3, -0.25) is 9.59 Å². The maximum Gasteiger partial charge on any atom is 0.153 e. The predicted octanol–water partition coefficient (Wildman–Crippen LogP) is 5.59. The fraction of sp³-hybridized carbons (Fsp3) is 0.625. The van der Waals surface area contributed by atoms with Gasteiger partial charge in [-0.2, -0.15) is 11.8 Å². The minimum atomic E-state index is -0.736. The van der Waals surface area contributed by atoms with Crippen molar-refractivity contribution >= 4 is 40.6 Å². The number of carbonyl (C=O) groups is 2. The number of ketones is 2. The normalized spacial score (nSPS) is 25.9. The molecule has 1 aromatic carbocycles. The number of nitrogens with zero attached hydrogens (tertiary/aromatic N) is 1. The van der Waals surface area contributed by atoms with Crippen LogP contribution in [-0.2, 0) is 14.4 Å². The van der Waals surface area contributed by atoms with Crippen LogP contribution in [0.3, 0.4) is 0 Å². The molecule has 7 heteroatoms. The van der Waals surface area contributed by atoms with Gasteiger partial charge in [-0.25, -0.2) is 0 Å². The van der Waals surface area contributed by atoms with Gasteiger partial charge in [-0.05, 0) is 73.8 Å². The third kappa shape index (κ3) is 6.98. The monoisotopic (exact) mass is 465 g/mol. The molecular weight excluding hydrogens is 434 g/mol. The fourth-order valence-electron chi connectivity index (χ4n) is 4.35. The number of carbonyl (C=O) groups excluding carboxylic acids is 2. The summed E-state index contributed by atoms with van der Waals surface area (Å²) >= 11 is 7.84. The Bertz CT molecular complexity index is 758. The summed E-state index contributed by atoms with van der Waals surface area (Å²) in [6, 6.07) is 7.12. The first-order valence-electron chi connectivity index (χ1n) is 11.2. The number of hydrogen-bond donors (Lipinski definition) is 0. The lowest BCUT2D eigenvalue weighted by atomic mass is 9.72. The highest BCUT2D eigenvalue weighted by atomic mass is 35.5. The van der Waals surface area contributed by atoms with E-state index in [0.29, 0.717) is 41.7 Å². The second kappa shape index (κ2) is 11.9. The van der Waals surface area contributed by atoms with Crippen molar-refractivity contribution in [3.8, 4) is 5.75 Å². The van der Waals surface area contributed by atoms with Gasteiger partial charge in [0.15, 0.2) is 6.61 Å². The van der Waals surface area contributed by atoms with Crippen molar-refractivity contribution in [3.05, 3.63) is 29.3 Å². The van der Waals surface area contributed by atoms with Gasteiger partial charge < -0.3 is 9.57 Å². The smallest absolute Gasteiger partial charge is 0.153 e. The average Bonchev–Trinajstić information content (AvgIpc) is 2.75. The van der Waals surface area contributed by atoms with Crippen LogP contribution >= 0.6 is 23.4 Å². The number of thioether (sulfide) groups is 1. The van der Waals surface area contributed by atoms with E-state index in [9.17, 15) is 9.59 Å². The van der Waals surface area contributed by atoms with Gasteiger partial charge >= 0.3 is 0 Å². The topological polar surface area (TPSA) is 65.0 Å². The molecule has 1 saturated carbocycles. The van der Waals surface area contributed by atoms with E-state index in [1.807, 2.05) is 25.6 Å². The lowest BCUT2D eigenvalue weighted by Crippen LogP contribution is -2.41. The van der Waals surface area contributed by atoms with Crippen LogP contribution in [0.4, 0.5) is 0 Å². The van der Waals surface area contributed by atoms with Crippen LogP contribution in [0.15, 0.2) is 29.4 Å². The predicted molar refractivity (Wildman–Crippen MR) is 126 cm³/mol. The highest BCUT2D eigenvalue weighted by molar-refractivity contribution is 7.99. The van der Waals surface area contributed by atoms with Crippen molar-refractivity contribution in [2.75, 3.05) is 18.1 Å². The number of ether oxygens (including phenoxy) is 1. The Morgan fingerprint density at radius 3 is 2.52 bits per heavy atom. The lowest BCUT2D eigenvalue weighted by Gasteiger charge is -2.34. The summed E-state index contributed by atoms with van der Waals surface area (Å²) in [5, 5.41) is 4.89. The number of oxime groups is 1. The number of benzene rings is 1. The summed E-state index contributed by atoms with van der Waals surface area (Å²) in [7, 11) is 0. The van der Waals surface area contributed by atoms with Crippen LogP contribution in [0.1, 0.15) is 52.4 Å². The van der Waals surface area contributed by atoms with Crippen LogP contribution in [0, 0.1) is 17.8 Å². The van der Waals surface area contributed by atoms with Crippen molar-refractivity contribution in [1.82, 2.24) is 0 Å². The zero-order valence-corrected chi connectivity index (χ0v) is 19.9. The Morgan fingerprint density at radius 1 is 1.19 bits per heavy atom. The Labute approximate surface area is 194 Å². The largest absolute Gasteiger partial charge is 0.487 e. The molecule has 1 aliphatic carbocycles. The summed E-state index contributed by atoms with van der Waals surface area (Å²) in [6.07, 6.45) is 4.44. The molecule has 2 fully saturated rings. The van der Waals surface area contributed by atoms with E-state index in [4.69, 9.17) is 21.2 Å². The van der Waals surface area contributed by atoms with Gasteiger partial charge in [0.2, 0.25) is 0 Å². The highest BCUT2D eigenvalue weighted by Gasteiger charge is 2.41. The summed E-state index contributed by atoms with van der Waals surface area (Å²) in [5.74, 6) is 2.93. The van der Waals surface area contributed by atoms with Gasteiger partial charge in [-0.15, -0.1) is 0 Å². The van der Waals surface area contributed by atoms with Crippen molar-refractivity contribution < 1.29 is 19.2 Å². The molecule has 0 amide bonds. The number of rotatable bonds is 9. The minimum absolute atomic E-state index is 0.0121. The third-order valence-electron chi connectivity index (χ3n) is 5.91. The lowest BCUT2D eigenvalue weighted by molar-refractivity contribution is -0.135. The minimum Gasteiger partial charge on any atom is -0.487 e. The maximum absolute atomic E-state index is 12.9. The highest BCUT2D eigenvalue weighted by Crippen LogP contribution is 2.37. The van der Waals surface area contributed by atoms with Crippen molar-refractivity contribution in [1.29, 1.82) is 0 Å². The molecule has 2 aliphatic rings. The van der Waals surface area contributed by atoms with Gasteiger partial charge in [0, 0.05) is 17.9 Å². The Morgan fingerprint density at radius 2 is 1.90 bits per heavy atom. The first-order valence-corrected chi connectivity index (χ1v) is 12.7. The van der Waals surface area contributed by atoms with Crippen LogP contribution < -0.4 is 4.74 Å². The molecule has 1 heterocycles. The molecule has 2 atom stereocenters. The van der Waals surface area contributed by atoms with Gasteiger partial charge in [0.1, 0.15) is 29.3 Å². The Balaban J connectivity index is 1.57. The van der Waals surface area contributed by atoms with Crippen LogP contribution in [0.5, 0.6) is 5.75 Å². The molecule has 0 aromatic heterocycles. The second-order valence-corrected chi connectivity index (χ2v) is 10.1. The van der Waals surface area contributed by atoms with E-state index in [1.54, 1.807) is 24.3 Å². The number of hydrogen-bond acceptors (Lipinski definition) is 6. The van der Waals surface area contributed by atoms with Gasteiger partial charge in [0.25, 0.3) is 0 Å². The third-order valence-corrected chi connectivity index (χ3v) is 7.41. The number of Topliss-reactive ketones (excluding diaryl/α,β-unsaturated/α-hetero) is 2. The Kier molecular flexibility index (Phi) is 9.27. The van der Waals surface area contributed by atoms with Crippen molar-refractivity contribution in [2.24, 2.45) is 22.9 Å². The molecule has 0 radical (unpaired) electrons. The zero-order chi connectivity index (χ0) is 22.2. The molecule has 31 heavy (non-hydrogen) atoms. The zero-order valence-electron chi connectivity index (χ0n) is 18.3. The molecule has 1 aromatic rings. The second-order valence-electron chi connectivity index (χ2n) is 8.52. The molecule has 2 unspecified atom stereocenters. The maximum atomic E-state index is 12.9. The molecule has 3 rings (SSSR count). The van der Waals surface area contributed by atoms with E-state index in [-0.39, 0.29) is 30.2 Å². The standard InChI is InChI=1S/C24H32ClNO4S/c1-3-5-21(26-29-14-16(2)30-20-9-7-19(25)8-10-20)24-22(27)12-18(13-23(24)28)17-6-4-11-31-15-17/h7-10,16-18,24H,3-6,11-15H2,1-2H3. The molecule has 0 bridgehead atoms. The fourth-order valence-corrected chi connectivity index (χ4v) is 5.76. The summed E-state index contributed by atoms with van der Waals surface area (Å²) in [6.45, 7) is 4.13. The van der Waals surface area contributed by atoms with Gasteiger partial charge in [0.05, 0.1) is 5.71 Å². The van der Waals surface area contributed by atoms with Crippen LogP contribution in [-0.4, -0.2) is 41.5 Å². The number of halogens is 1. The van der Waals surface area contributed by atoms with E-state index >= 15 is 0 Å². The molecule has 5 nitrogen and oxygen atoms in total. The summed E-state index contributed by atoms with van der Waals surface area (Å²) in [4.78, 5) is 31.4. The Hall–Kier alpha value is -1.53. The first-order chi connectivity index (χ1) is 15.0. The molecule has 0 spiro atoms. The van der Waals surface area contributed by atoms with E-state index in [1.165, 1.54) is 12.2 Å². The van der Waals surface area contributed by atoms with E-state index in [0.717, 1.165) is 18.6 Å². The quantitative estimate of drug-likeness (QED) is 0.270. The summed E-state index contributed by atoms with van der Waals surface area (Å²) in [5.41, 5.74) is 0.563. The average molecular weight is 466 g/mol. The molecule has 1 saturated heterocycles. The molecule has 1 aliphatic heterocycles. The van der Waals surface area contributed by atoms with Crippen LogP contribution in [0.2, 0.25) is 5.02 Å². The SMILES string of the molecule is CCCC(=NOCC(C)Oc1ccc(Cl)cc1)C1C(=O)CC(C2CCCSC2)CC1=O. The molecular formula is C24H32ClNO4S. The van der Waals surface area contributed by atoms with Crippen LogP contribution in [0.25, 0.3) is 0 Å². The van der Waals surface area contributed by atoms with Crippen molar-refractivity contribution in [3.63, 3.8) is 0 Å². The molecule has 170 valence electrons. The van der Waals surface area contributed by atoms with Crippen molar-refractivity contribution in [2.45, 2.75) is 58.5 Å². The van der Waals surface area contributed by atoms with Gasteiger partial charge in [-0.1, -0.05) is 30.1 Å². The summed E-state index contributed by atoms with van der Waals surface area (Å²) < 4.78 is 5.79. The molecule has 0 N–H and O–H groups in total. The van der Waals surface area contributed by atoms with E-state index in [2.05, 4.69) is 5.16 Å². The van der Waals surface area contributed by atoms with E-state index < -0.39 is 5.92 Å².